The molecule has 1 aliphatic carbocycles. The number of Topliss-reactive ketones (excluding diaryl/α,β-unsaturated/α-hetero) is 1. The molecule has 0 aromatic carbocycles. The molecule has 1 saturated carbocycles. The first kappa shape index (κ1) is 10.9. The van der Waals surface area contributed by atoms with Crippen LogP contribution in [-0.2, 0) is 0 Å². The predicted molar refractivity (Wildman–Crippen MR) is 71.2 cm³/mol. The highest BCUT2D eigenvalue weighted by atomic mass is 16.1. The topological polar surface area (TPSA) is 82.7 Å². The summed E-state index contributed by atoms with van der Waals surface area (Å²) < 4.78 is 0. The summed E-state index contributed by atoms with van der Waals surface area (Å²) in [6.45, 7) is 1.86. The van der Waals surface area contributed by atoms with Gasteiger partial charge >= 0.3 is 0 Å². The van der Waals surface area contributed by atoms with Crippen molar-refractivity contribution in [3.8, 4) is 0 Å². The Morgan fingerprint density at radius 3 is 2.84 bits per heavy atom. The van der Waals surface area contributed by atoms with Crippen molar-refractivity contribution in [1.82, 2.24) is 20.3 Å². The highest BCUT2D eigenvalue weighted by Crippen LogP contribution is 2.35. The predicted octanol–water partition coefficient (Wildman–Crippen LogP) is 0.934. The quantitative estimate of drug-likeness (QED) is 0.710. The number of nitrogens with zero attached hydrogens (tertiary/aromatic N) is 2. The maximum absolute atomic E-state index is 12.3. The molecule has 0 atom stereocenters. The van der Waals surface area contributed by atoms with Crippen molar-refractivity contribution in [3.63, 3.8) is 0 Å². The summed E-state index contributed by atoms with van der Waals surface area (Å²) in [6, 6.07) is 0.386. The van der Waals surface area contributed by atoms with Crippen molar-refractivity contribution in [1.29, 1.82) is 0 Å². The number of anilines is 1. The van der Waals surface area contributed by atoms with Crippen molar-refractivity contribution < 1.29 is 4.79 Å². The Bertz CT molecular complexity index is 642. The number of carbonyl (C=O) groups is 1. The van der Waals surface area contributed by atoms with Crippen LogP contribution in [0.2, 0.25) is 0 Å². The monoisotopic (exact) mass is 257 g/mol. The van der Waals surface area contributed by atoms with Gasteiger partial charge in [-0.25, -0.2) is 9.97 Å². The number of aromatic amines is 1. The molecule has 19 heavy (non-hydrogen) atoms. The van der Waals surface area contributed by atoms with E-state index in [2.05, 4.69) is 25.6 Å². The third-order valence-corrected chi connectivity index (χ3v) is 3.81. The fourth-order valence-electron chi connectivity index (χ4n) is 2.42. The van der Waals surface area contributed by atoms with Crippen LogP contribution in [0.15, 0.2) is 12.5 Å². The number of hydrogen-bond acceptors (Lipinski definition) is 5. The lowest BCUT2D eigenvalue weighted by atomic mass is 10.1. The van der Waals surface area contributed by atoms with Crippen molar-refractivity contribution >= 4 is 22.6 Å². The lowest BCUT2D eigenvalue weighted by molar-refractivity contribution is 0.0969. The molecule has 0 unspecified atom stereocenters. The molecule has 2 aliphatic rings. The Morgan fingerprint density at radius 2 is 2.16 bits per heavy atom. The summed E-state index contributed by atoms with van der Waals surface area (Å²) in [4.78, 5) is 23.9. The van der Waals surface area contributed by atoms with Crippen LogP contribution in [0.5, 0.6) is 0 Å². The summed E-state index contributed by atoms with van der Waals surface area (Å²) in [5.74, 6) is 1.19. The molecule has 3 N–H and O–H groups in total. The zero-order valence-corrected chi connectivity index (χ0v) is 10.4. The van der Waals surface area contributed by atoms with Gasteiger partial charge in [0.15, 0.2) is 5.78 Å². The number of rotatable bonds is 4. The van der Waals surface area contributed by atoms with Crippen LogP contribution in [-0.4, -0.2) is 39.9 Å². The van der Waals surface area contributed by atoms with Gasteiger partial charge in [0.1, 0.15) is 17.8 Å². The van der Waals surface area contributed by atoms with Gasteiger partial charge in [0.05, 0.1) is 11.4 Å². The standard InChI is InChI=1S/C13H15N5O/c19-11(7-1-2-7)9-5-15-12-10(9)13(17-6-16-12)18-8-3-14-4-8/h5-8,14H,1-4H2,(H2,15,16,17,18). The molecular formula is C13H15N5O. The Balaban J connectivity index is 1.77. The summed E-state index contributed by atoms with van der Waals surface area (Å²) in [5.41, 5.74) is 1.46. The zero-order chi connectivity index (χ0) is 12.8. The molecule has 1 saturated heterocycles. The van der Waals surface area contributed by atoms with E-state index in [-0.39, 0.29) is 11.7 Å². The molecule has 6 heteroatoms. The molecule has 0 radical (unpaired) electrons. The second-order valence-electron chi connectivity index (χ2n) is 5.29. The van der Waals surface area contributed by atoms with E-state index >= 15 is 0 Å². The number of aromatic nitrogens is 3. The normalized spacial score (nSPS) is 19.4. The van der Waals surface area contributed by atoms with Crippen LogP contribution in [0.1, 0.15) is 23.2 Å². The Hall–Kier alpha value is -1.95. The molecule has 2 aromatic heterocycles. The van der Waals surface area contributed by atoms with Crippen LogP contribution < -0.4 is 10.6 Å². The Labute approximate surface area is 110 Å². The lowest BCUT2D eigenvalue weighted by Crippen LogP contribution is -2.51. The highest BCUT2D eigenvalue weighted by molar-refractivity contribution is 6.12. The lowest BCUT2D eigenvalue weighted by Gasteiger charge is -2.28. The third-order valence-electron chi connectivity index (χ3n) is 3.81. The molecule has 2 fully saturated rings. The number of nitrogens with one attached hydrogen (secondary N) is 3. The van der Waals surface area contributed by atoms with Crippen LogP contribution in [0.4, 0.5) is 5.82 Å². The molecule has 6 nitrogen and oxygen atoms in total. The van der Waals surface area contributed by atoms with E-state index in [1.54, 1.807) is 6.20 Å². The minimum atomic E-state index is 0.206. The molecule has 2 aromatic rings. The van der Waals surface area contributed by atoms with Gasteiger partial charge in [-0.2, -0.15) is 0 Å². The largest absolute Gasteiger partial charge is 0.364 e. The van der Waals surface area contributed by atoms with Gasteiger partial charge in [0.2, 0.25) is 0 Å². The number of carbonyl (C=O) groups excluding carboxylic acids is 1. The summed E-state index contributed by atoms with van der Waals surface area (Å²) >= 11 is 0. The summed E-state index contributed by atoms with van der Waals surface area (Å²) in [5, 5.41) is 7.42. The van der Waals surface area contributed by atoms with Crippen LogP contribution in [0.25, 0.3) is 11.0 Å². The fourth-order valence-corrected chi connectivity index (χ4v) is 2.42. The second-order valence-corrected chi connectivity index (χ2v) is 5.29. The first-order valence-corrected chi connectivity index (χ1v) is 6.66. The van der Waals surface area contributed by atoms with E-state index in [0.717, 1.165) is 48.3 Å². The van der Waals surface area contributed by atoms with Crippen LogP contribution in [0.3, 0.4) is 0 Å². The molecule has 98 valence electrons. The Morgan fingerprint density at radius 1 is 1.32 bits per heavy atom. The first-order valence-electron chi connectivity index (χ1n) is 6.66. The van der Waals surface area contributed by atoms with Gasteiger partial charge in [-0.3, -0.25) is 4.79 Å². The van der Waals surface area contributed by atoms with Crippen molar-refractivity contribution in [2.24, 2.45) is 5.92 Å². The molecule has 4 rings (SSSR count). The Kier molecular flexibility index (Phi) is 2.32. The minimum Gasteiger partial charge on any atom is -0.364 e. The summed E-state index contributed by atoms with van der Waals surface area (Å²) in [7, 11) is 0. The third kappa shape index (κ3) is 1.79. The van der Waals surface area contributed by atoms with E-state index in [1.165, 1.54) is 6.33 Å². The first-order chi connectivity index (χ1) is 9.33. The van der Waals surface area contributed by atoms with E-state index < -0.39 is 0 Å². The number of hydrogen-bond donors (Lipinski definition) is 3. The van der Waals surface area contributed by atoms with E-state index in [9.17, 15) is 4.79 Å². The molecule has 0 bridgehead atoms. The zero-order valence-electron chi connectivity index (χ0n) is 10.4. The van der Waals surface area contributed by atoms with Crippen LogP contribution >= 0.6 is 0 Å². The van der Waals surface area contributed by atoms with Crippen molar-refractivity contribution in [3.05, 3.63) is 18.1 Å². The smallest absolute Gasteiger partial charge is 0.168 e. The minimum absolute atomic E-state index is 0.206. The molecular weight excluding hydrogens is 242 g/mol. The summed E-state index contributed by atoms with van der Waals surface area (Å²) in [6.07, 6.45) is 5.31. The average molecular weight is 257 g/mol. The SMILES string of the molecule is O=C(c1c[nH]c2ncnc(NC3CNC3)c12)C1CC1. The van der Waals surface area contributed by atoms with Gasteiger partial charge in [-0.15, -0.1) is 0 Å². The molecule has 3 heterocycles. The van der Waals surface area contributed by atoms with E-state index in [0.29, 0.717) is 6.04 Å². The van der Waals surface area contributed by atoms with Crippen molar-refractivity contribution in [2.45, 2.75) is 18.9 Å². The second kappa shape index (κ2) is 4.03. The average Bonchev–Trinajstić information content (AvgIpc) is 3.13. The van der Waals surface area contributed by atoms with Gasteiger partial charge in [-0.05, 0) is 12.8 Å². The van der Waals surface area contributed by atoms with Gasteiger partial charge in [0.25, 0.3) is 0 Å². The maximum atomic E-state index is 12.3. The molecule has 0 spiro atoms. The van der Waals surface area contributed by atoms with E-state index in [1.807, 2.05) is 0 Å². The molecule has 0 amide bonds. The highest BCUT2D eigenvalue weighted by Gasteiger charge is 2.33. The number of H-pyrrole nitrogens is 1. The van der Waals surface area contributed by atoms with Gasteiger partial charge in [-0.1, -0.05) is 0 Å². The van der Waals surface area contributed by atoms with Crippen LogP contribution in [0, 0.1) is 5.92 Å². The van der Waals surface area contributed by atoms with E-state index in [4.69, 9.17) is 0 Å². The number of fused-ring (bicyclic) bond motifs is 1. The maximum Gasteiger partial charge on any atom is 0.168 e. The van der Waals surface area contributed by atoms with Gasteiger partial charge < -0.3 is 15.6 Å². The van der Waals surface area contributed by atoms with Gasteiger partial charge in [0, 0.05) is 30.8 Å². The molecule has 1 aliphatic heterocycles. The van der Waals surface area contributed by atoms with Crippen molar-refractivity contribution in [2.75, 3.05) is 18.4 Å². The number of ketones is 1. The fraction of sp³-hybridized carbons (Fsp3) is 0.462.